The molecule has 0 aliphatic heterocycles. The number of halogens is 1. The molecule has 0 spiro atoms. The molecule has 3 rings (SSSR count). The first kappa shape index (κ1) is 23.7. The van der Waals surface area contributed by atoms with Crippen molar-refractivity contribution in [2.75, 3.05) is 11.9 Å². The van der Waals surface area contributed by atoms with Gasteiger partial charge in [-0.3, -0.25) is 14.9 Å². The number of ether oxygens (including phenoxy) is 1. The Morgan fingerprint density at radius 2 is 2.03 bits per heavy atom. The quantitative estimate of drug-likeness (QED) is 0.442. The summed E-state index contributed by atoms with van der Waals surface area (Å²) in [5.41, 5.74) is 7.50. The minimum Gasteiger partial charge on any atom is -0.493 e. The maximum absolute atomic E-state index is 12.9. The predicted molar refractivity (Wildman–Crippen MR) is 132 cm³/mol. The average Bonchev–Trinajstić information content (AvgIpc) is 3.06. The second kappa shape index (κ2) is 10.6. The van der Waals surface area contributed by atoms with Crippen molar-refractivity contribution in [3.05, 3.63) is 44.2 Å². The van der Waals surface area contributed by atoms with Crippen LogP contribution < -0.4 is 21.1 Å². The van der Waals surface area contributed by atoms with Crippen molar-refractivity contribution in [2.45, 2.75) is 46.0 Å². The normalized spacial score (nSPS) is 12.9. The van der Waals surface area contributed by atoms with Crippen molar-refractivity contribution in [2.24, 2.45) is 11.7 Å². The Morgan fingerprint density at radius 1 is 1.29 bits per heavy atom. The van der Waals surface area contributed by atoms with Gasteiger partial charge in [-0.05, 0) is 74.0 Å². The van der Waals surface area contributed by atoms with Crippen LogP contribution in [0, 0.1) is 5.92 Å². The number of amides is 2. The van der Waals surface area contributed by atoms with E-state index in [1.165, 1.54) is 11.3 Å². The van der Waals surface area contributed by atoms with E-state index in [4.69, 9.17) is 22.7 Å². The average molecular weight is 525 g/mol. The van der Waals surface area contributed by atoms with E-state index in [-0.39, 0.29) is 11.0 Å². The van der Waals surface area contributed by atoms with Gasteiger partial charge in [-0.1, -0.05) is 29.8 Å². The van der Waals surface area contributed by atoms with E-state index in [0.29, 0.717) is 34.4 Å². The van der Waals surface area contributed by atoms with Gasteiger partial charge in [0, 0.05) is 9.35 Å². The summed E-state index contributed by atoms with van der Waals surface area (Å²) in [7, 11) is 0. The summed E-state index contributed by atoms with van der Waals surface area (Å²) in [6, 6.07) is 5.28. The molecule has 4 N–H and O–H groups in total. The number of nitrogens with one attached hydrogen (secondary N) is 2. The van der Waals surface area contributed by atoms with Crippen molar-refractivity contribution < 1.29 is 14.3 Å². The summed E-state index contributed by atoms with van der Waals surface area (Å²) < 4.78 is 6.58. The number of carbonyl (C=O) groups excluding carboxylic acids is 2. The Bertz CT molecular complexity index is 1000. The molecule has 31 heavy (non-hydrogen) atoms. The number of hydrogen-bond acceptors (Lipinski definition) is 5. The van der Waals surface area contributed by atoms with Crippen molar-refractivity contribution in [3.63, 3.8) is 0 Å². The highest BCUT2D eigenvalue weighted by Crippen LogP contribution is 2.37. The van der Waals surface area contributed by atoms with Crippen LogP contribution in [0.2, 0.25) is 0 Å². The second-order valence-corrected chi connectivity index (χ2v) is 10.3. The largest absolute Gasteiger partial charge is 0.493 e. The number of nitrogens with two attached hydrogens (primary N) is 1. The topological polar surface area (TPSA) is 93.4 Å². The third-order valence-corrected chi connectivity index (χ3v) is 6.92. The first-order chi connectivity index (χ1) is 14.8. The van der Waals surface area contributed by atoms with Crippen molar-refractivity contribution >= 4 is 61.4 Å². The van der Waals surface area contributed by atoms with Gasteiger partial charge in [-0.25, -0.2) is 0 Å². The fourth-order valence-corrected chi connectivity index (χ4v) is 5.35. The van der Waals surface area contributed by atoms with E-state index in [1.54, 1.807) is 12.1 Å². The lowest BCUT2D eigenvalue weighted by Crippen LogP contribution is -2.34. The third-order valence-electron chi connectivity index (χ3n) is 5.01. The summed E-state index contributed by atoms with van der Waals surface area (Å²) in [4.78, 5) is 26.1. The summed E-state index contributed by atoms with van der Waals surface area (Å²) in [5.74, 6) is 0.123. The molecule has 1 heterocycles. The lowest BCUT2D eigenvalue weighted by Gasteiger charge is -2.14. The molecule has 1 aliphatic rings. The molecule has 2 aromatic rings. The van der Waals surface area contributed by atoms with E-state index >= 15 is 0 Å². The molecule has 1 aromatic carbocycles. The smallest absolute Gasteiger partial charge is 0.261 e. The molecule has 0 fully saturated rings. The van der Waals surface area contributed by atoms with Crippen molar-refractivity contribution in [3.8, 4) is 5.75 Å². The molecule has 2 amide bonds. The van der Waals surface area contributed by atoms with Crippen LogP contribution in [-0.4, -0.2) is 23.5 Å². The van der Waals surface area contributed by atoms with Gasteiger partial charge >= 0.3 is 0 Å². The zero-order chi connectivity index (χ0) is 22.5. The minimum atomic E-state index is -0.483. The van der Waals surface area contributed by atoms with Gasteiger partial charge < -0.3 is 15.8 Å². The van der Waals surface area contributed by atoms with Crippen molar-refractivity contribution in [1.29, 1.82) is 0 Å². The van der Waals surface area contributed by atoms with E-state index in [9.17, 15) is 9.59 Å². The van der Waals surface area contributed by atoms with Gasteiger partial charge in [0.1, 0.15) is 10.8 Å². The number of thiophene rings is 1. The van der Waals surface area contributed by atoms with E-state index in [2.05, 4.69) is 40.4 Å². The number of aryl methyl sites for hydroxylation is 1. The fourth-order valence-electron chi connectivity index (χ4n) is 3.43. The van der Waals surface area contributed by atoms with E-state index in [1.807, 2.05) is 6.07 Å². The Labute approximate surface area is 200 Å². The maximum Gasteiger partial charge on any atom is 0.261 e. The summed E-state index contributed by atoms with van der Waals surface area (Å²) in [5, 5.41) is 6.40. The molecule has 1 aliphatic carbocycles. The molecule has 1 aromatic heterocycles. The number of carbonyl (C=O) groups is 2. The highest BCUT2D eigenvalue weighted by atomic mass is 79.9. The first-order valence-corrected chi connectivity index (χ1v) is 12.3. The standard InChI is InChI=1S/C22H26BrN3O3S2/c1-12(2)9-10-29-16-8-7-13(23)11-15(16)20(28)25-22(30)26-21-18(19(24)27)14-5-3-4-6-17(14)31-21/h7-8,11-12H,3-6,9-10H2,1-2H3,(H2,24,27)(H2,25,26,28,30). The minimum absolute atomic E-state index is 0.110. The fraction of sp³-hybridized carbons (Fsp3) is 0.409. The Hall–Kier alpha value is -1.97. The van der Waals surface area contributed by atoms with Crippen LogP contribution in [-0.2, 0) is 12.8 Å². The molecule has 166 valence electrons. The molecule has 0 unspecified atom stereocenters. The van der Waals surface area contributed by atoms with Crippen LogP contribution in [0.5, 0.6) is 5.75 Å². The van der Waals surface area contributed by atoms with E-state index in [0.717, 1.165) is 47.0 Å². The molecule has 0 radical (unpaired) electrons. The lowest BCUT2D eigenvalue weighted by atomic mass is 9.95. The van der Waals surface area contributed by atoms with Crippen molar-refractivity contribution in [1.82, 2.24) is 5.32 Å². The molecule has 9 heteroatoms. The number of hydrogen-bond donors (Lipinski definition) is 3. The Morgan fingerprint density at radius 3 is 2.74 bits per heavy atom. The molecule has 0 saturated carbocycles. The first-order valence-electron chi connectivity index (χ1n) is 10.2. The summed E-state index contributed by atoms with van der Waals surface area (Å²) >= 11 is 10.2. The highest BCUT2D eigenvalue weighted by molar-refractivity contribution is 9.10. The van der Waals surface area contributed by atoms with Crippen LogP contribution >= 0.6 is 39.5 Å². The Balaban J connectivity index is 1.73. The predicted octanol–water partition coefficient (Wildman–Crippen LogP) is 5.04. The lowest BCUT2D eigenvalue weighted by molar-refractivity contribution is 0.0971. The van der Waals surface area contributed by atoms with Crippen LogP contribution in [0.3, 0.4) is 0 Å². The van der Waals surface area contributed by atoms with Crippen LogP contribution in [0.4, 0.5) is 5.00 Å². The maximum atomic E-state index is 12.9. The van der Waals surface area contributed by atoms with Gasteiger partial charge in [0.2, 0.25) is 0 Å². The monoisotopic (exact) mass is 523 g/mol. The number of anilines is 1. The SMILES string of the molecule is CC(C)CCOc1ccc(Br)cc1C(=O)NC(=S)Nc1sc2c(c1C(N)=O)CCCC2. The number of primary amides is 1. The van der Waals surface area contributed by atoms with Crippen LogP contribution in [0.25, 0.3) is 0 Å². The molecular weight excluding hydrogens is 498 g/mol. The summed E-state index contributed by atoms with van der Waals surface area (Å²) in [6.45, 7) is 4.75. The molecule has 0 atom stereocenters. The molecular formula is C22H26BrN3O3S2. The number of benzene rings is 1. The van der Waals surface area contributed by atoms with Gasteiger partial charge in [-0.2, -0.15) is 0 Å². The van der Waals surface area contributed by atoms with Gasteiger partial charge in [-0.15, -0.1) is 11.3 Å². The number of rotatable bonds is 7. The van der Waals surface area contributed by atoms with Gasteiger partial charge in [0.25, 0.3) is 11.8 Å². The summed E-state index contributed by atoms with van der Waals surface area (Å²) in [6.07, 6.45) is 4.77. The van der Waals surface area contributed by atoms with Gasteiger partial charge in [0.15, 0.2) is 5.11 Å². The van der Waals surface area contributed by atoms with Gasteiger partial charge in [0.05, 0.1) is 17.7 Å². The number of fused-ring (bicyclic) bond motifs is 1. The zero-order valence-corrected chi connectivity index (χ0v) is 20.8. The number of thiocarbonyl (C=S) groups is 1. The highest BCUT2D eigenvalue weighted by Gasteiger charge is 2.25. The van der Waals surface area contributed by atoms with Crippen LogP contribution in [0.15, 0.2) is 22.7 Å². The Kier molecular flexibility index (Phi) is 8.07. The van der Waals surface area contributed by atoms with E-state index < -0.39 is 5.91 Å². The zero-order valence-electron chi connectivity index (χ0n) is 17.5. The second-order valence-electron chi connectivity index (χ2n) is 7.86. The molecule has 6 nitrogen and oxygen atoms in total. The van der Waals surface area contributed by atoms with Crippen LogP contribution in [0.1, 0.15) is 64.3 Å². The third kappa shape index (κ3) is 6.05. The molecule has 0 bridgehead atoms. The molecule has 0 saturated heterocycles.